The molecule has 4 rings (SSSR count). The zero-order valence-corrected chi connectivity index (χ0v) is 19.0. The topological polar surface area (TPSA) is 101 Å². The second kappa shape index (κ2) is 8.89. The molecule has 0 radical (unpaired) electrons. The van der Waals surface area contributed by atoms with Crippen molar-refractivity contribution in [3.05, 3.63) is 89.5 Å². The Bertz CT molecular complexity index is 1370. The van der Waals surface area contributed by atoms with Gasteiger partial charge in [0.15, 0.2) is 0 Å². The monoisotopic (exact) mass is 464 g/mol. The van der Waals surface area contributed by atoms with Crippen molar-refractivity contribution in [2.24, 2.45) is 0 Å². The van der Waals surface area contributed by atoms with E-state index in [2.05, 4.69) is 20.2 Å². The van der Waals surface area contributed by atoms with E-state index in [1.807, 2.05) is 31.2 Å². The average molecular weight is 465 g/mol. The largest absolute Gasteiger partial charge is 0.296 e. The number of hydrogen-bond donors (Lipinski definition) is 2. The molecule has 0 atom stereocenters. The Balaban J connectivity index is 1.53. The van der Waals surface area contributed by atoms with Crippen molar-refractivity contribution in [1.82, 2.24) is 10.2 Å². The lowest BCUT2D eigenvalue weighted by Gasteiger charge is -2.13. The van der Waals surface area contributed by atoms with Crippen LogP contribution in [0, 0.1) is 13.8 Å². The number of nitrogens with one attached hydrogen (secondary N) is 2. The van der Waals surface area contributed by atoms with Gasteiger partial charge in [-0.3, -0.25) is 14.8 Å². The van der Waals surface area contributed by atoms with Crippen LogP contribution >= 0.6 is 11.3 Å². The van der Waals surface area contributed by atoms with Crippen LogP contribution in [0.2, 0.25) is 0 Å². The van der Waals surface area contributed by atoms with Gasteiger partial charge in [0.25, 0.3) is 15.9 Å². The Morgan fingerprint density at radius 2 is 1.59 bits per heavy atom. The highest BCUT2D eigenvalue weighted by Crippen LogP contribution is 2.28. The predicted molar refractivity (Wildman–Crippen MR) is 126 cm³/mol. The highest BCUT2D eigenvalue weighted by Gasteiger charge is 2.19. The van der Waals surface area contributed by atoms with Gasteiger partial charge in [-0.25, -0.2) is 8.42 Å². The van der Waals surface area contributed by atoms with Crippen LogP contribution in [0.4, 0.5) is 10.8 Å². The zero-order chi connectivity index (χ0) is 22.7. The predicted octanol–water partition coefficient (Wildman–Crippen LogP) is 4.88. The number of amides is 1. The van der Waals surface area contributed by atoms with Gasteiger partial charge in [0.1, 0.15) is 5.01 Å². The van der Waals surface area contributed by atoms with E-state index in [0.717, 1.165) is 11.1 Å². The molecule has 0 aliphatic rings. The van der Waals surface area contributed by atoms with Crippen molar-refractivity contribution in [2.75, 3.05) is 10.0 Å². The van der Waals surface area contributed by atoms with E-state index in [4.69, 9.17) is 0 Å². The molecule has 0 fully saturated rings. The number of benzene rings is 3. The first kappa shape index (κ1) is 21.7. The molecule has 1 heterocycles. The molecule has 1 amide bonds. The quantitative estimate of drug-likeness (QED) is 0.424. The van der Waals surface area contributed by atoms with E-state index in [-0.39, 0.29) is 4.90 Å². The van der Waals surface area contributed by atoms with Crippen LogP contribution in [-0.2, 0) is 10.0 Å². The zero-order valence-electron chi connectivity index (χ0n) is 17.4. The van der Waals surface area contributed by atoms with Gasteiger partial charge >= 0.3 is 0 Å². The summed E-state index contributed by atoms with van der Waals surface area (Å²) in [5.41, 5.74) is 3.24. The Kier molecular flexibility index (Phi) is 6.02. The lowest BCUT2D eigenvalue weighted by molar-refractivity contribution is 0.102. The van der Waals surface area contributed by atoms with Crippen molar-refractivity contribution in [1.29, 1.82) is 0 Å². The molecule has 0 saturated heterocycles. The number of carbonyl (C=O) groups is 1. The van der Waals surface area contributed by atoms with Crippen molar-refractivity contribution in [2.45, 2.75) is 18.7 Å². The maximum absolute atomic E-state index is 12.9. The van der Waals surface area contributed by atoms with Crippen molar-refractivity contribution >= 4 is 38.1 Å². The maximum atomic E-state index is 12.9. The number of rotatable bonds is 6. The highest BCUT2D eigenvalue weighted by atomic mass is 32.2. The lowest BCUT2D eigenvalue weighted by atomic mass is 10.1. The minimum absolute atomic E-state index is 0.145. The van der Waals surface area contributed by atoms with Crippen LogP contribution in [-0.4, -0.2) is 24.5 Å². The van der Waals surface area contributed by atoms with Crippen molar-refractivity contribution in [3.63, 3.8) is 0 Å². The molecule has 0 unspecified atom stereocenters. The van der Waals surface area contributed by atoms with Gasteiger partial charge in [-0.05, 0) is 43.7 Å². The van der Waals surface area contributed by atoms with Gasteiger partial charge in [-0.2, -0.15) is 0 Å². The van der Waals surface area contributed by atoms with Crippen LogP contribution in [0.1, 0.15) is 21.5 Å². The number of aryl methyl sites for hydroxylation is 1. The molecule has 0 spiro atoms. The van der Waals surface area contributed by atoms with Crippen LogP contribution in [0.3, 0.4) is 0 Å². The van der Waals surface area contributed by atoms with Crippen LogP contribution in [0.25, 0.3) is 10.6 Å². The Morgan fingerprint density at radius 1 is 0.875 bits per heavy atom. The fourth-order valence-corrected chi connectivity index (χ4v) is 4.93. The van der Waals surface area contributed by atoms with Gasteiger partial charge < -0.3 is 0 Å². The van der Waals surface area contributed by atoms with E-state index >= 15 is 0 Å². The van der Waals surface area contributed by atoms with Gasteiger partial charge in [0.2, 0.25) is 5.13 Å². The van der Waals surface area contributed by atoms with E-state index in [9.17, 15) is 13.2 Å². The summed E-state index contributed by atoms with van der Waals surface area (Å²) in [6.07, 6.45) is 0. The second-order valence-electron chi connectivity index (χ2n) is 7.13. The molecular formula is C23H20N4O3S2. The first-order chi connectivity index (χ1) is 15.3. The molecule has 2 N–H and O–H groups in total. The summed E-state index contributed by atoms with van der Waals surface area (Å²) in [4.78, 5) is 13.0. The van der Waals surface area contributed by atoms with Gasteiger partial charge in [-0.15, -0.1) is 10.2 Å². The first-order valence-electron chi connectivity index (χ1n) is 9.73. The normalized spacial score (nSPS) is 11.2. The third-order valence-corrected chi connectivity index (χ3v) is 7.09. The molecular weight excluding hydrogens is 444 g/mol. The summed E-state index contributed by atoms with van der Waals surface area (Å²) in [5.74, 6) is -0.394. The lowest BCUT2D eigenvalue weighted by Crippen LogP contribution is -2.17. The summed E-state index contributed by atoms with van der Waals surface area (Å²) >= 11 is 1.27. The minimum Gasteiger partial charge on any atom is -0.296 e. The third kappa shape index (κ3) is 4.68. The van der Waals surface area contributed by atoms with E-state index in [0.29, 0.717) is 27.0 Å². The molecule has 0 aliphatic carbocycles. The second-order valence-corrected chi connectivity index (χ2v) is 9.79. The van der Waals surface area contributed by atoms with Gasteiger partial charge in [0.05, 0.1) is 10.6 Å². The summed E-state index contributed by atoms with van der Waals surface area (Å²) in [6, 6.07) is 20.8. The molecule has 0 aliphatic heterocycles. The fourth-order valence-electron chi connectivity index (χ4n) is 3.05. The molecule has 4 aromatic rings. The van der Waals surface area contributed by atoms with Crippen LogP contribution in [0.15, 0.2) is 77.7 Å². The van der Waals surface area contributed by atoms with Gasteiger partial charge in [-0.1, -0.05) is 65.4 Å². The smallest absolute Gasteiger partial charge is 0.261 e. The molecule has 1 aromatic heterocycles. The van der Waals surface area contributed by atoms with Crippen LogP contribution < -0.4 is 10.0 Å². The summed E-state index contributed by atoms with van der Waals surface area (Å²) in [6.45, 7) is 3.70. The van der Waals surface area contributed by atoms with Crippen LogP contribution in [0.5, 0.6) is 0 Å². The Morgan fingerprint density at radius 3 is 2.31 bits per heavy atom. The molecule has 162 valence electrons. The van der Waals surface area contributed by atoms with E-state index in [1.54, 1.807) is 43.3 Å². The molecule has 0 bridgehead atoms. The highest BCUT2D eigenvalue weighted by molar-refractivity contribution is 7.92. The average Bonchev–Trinajstić information content (AvgIpc) is 3.24. The Hall–Kier alpha value is -3.56. The summed E-state index contributed by atoms with van der Waals surface area (Å²) < 4.78 is 27.9. The number of hydrogen-bond acceptors (Lipinski definition) is 6. The minimum atomic E-state index is -3.77. The molecule has 3 aromatic carbocycles. The van der Waals surface area contributed by atoms with Gasteiger partial charge in [0, 0.05) is 11.1 Å². The number of sulfonamides is 1. The first-order valence-corrected chi connectivity index (χ1v) is 12.0. The number of anilines is 2. The third-order valence-electron chi connectivity index (χ3n) is 4.82. The van der Waals surface area contributed by atoms with Crippen molar-refractivity contribution in [3.8, 4) is 10.6 Å². The molecule has 32 heavy (non-hydrogen) atoms. The number of nitrogens with zero attached hydrogens (tertiary/aromatic N) is 2. The molecule has 9 heteroatoms. The molecule has 7 nitrogen and oxygen atoms in total. The fraction of sp³-hybridized carbons (Fsp3) is 0.0870. The van der Waals surface area contributed by atoms with E-state index < -0.39 is 15.9 Å². The van der Waals surface area contributed by atoms with E-state index in [1.165, 1.54) is 23.5 Å². The SMILES string of the molecule is Cc1ccc(-c2nnc(NC(=O)c3cccc(NS(=O)(=O)c4ccccc4)c3C)s2)cc1. The summed E-state index contributed by atoms with van der Waals surface area (Å²) in [7, 11) is -3.77. The van der Waals surface area contributed by atoms with Crippen molar-refractivity contribution < 1.29 is 13.2 Å². The summed E-state index contributed by atoms with van der Waals surface area (Å²) in [5, 5.41) is 12.0. The number of carbonyl (C=O) groups excluding carboxylic acids is 1. The maximum Gasteiger partial charge on any atom is 0.261 e. The molecule has 0 saturated carbocycles. The standard InChI is InChI=1S/C23H20N4O3S2/c1-15-11-13-17(14-12-15)22-25-26-23(31-22)24-21(28)19-9-6-10-20(16(19)2)27-32(29,30)18-7-4-3-5-8-18/h3-14,27H,1-2H3,(H,24,26,28). The Labute approximate surface area is 190 Å². The number of aromatic nitrogens is 2.